The number of hydrogen-bond donors (Lipinski definition) is 1. The first-order chi connectivity index (χ1) is 8.04. The SMILES string of the molecule is CC1(C(=O)OCC2CO2)CCCCC1C(=O)O. The summed E-state index contributed by atoms with van der Waals surface area (Å²) in [6, 6.07) is 0. The Labute approximate surface area is 100 Å². The Kier molecular flexibility index (Phi) is 3.38. The molecule has 3 atom stereocenters. The lowest BCUT2D eigenvalue weighted by molar-refractivity contribution is -0.169. The number of carbonyl (C=O) groups is 2. The van der Waals surface area contributed by atoms with Gasteiger partial charge in [0.2, 0.25) is 0 Å². The molecule has 5 nitrogen and oxygen atoms in total. The molecule has 5 heteroatoms. The van der Waals surface area contributed by atoms with E-state index in [4.69, 9.17) is 9.47 Å². The highest BCUT2D eigenvalue weighted by atomic mass is 16.6. The first-order valence-electron chi connectivity index (χ1n) is 6.05. The number of ether oxygens (including phenoxy) is 2. The Morgan fingerprint density at radius 3 is 2.76 bits per heavy atom. The first-order valence-corrected chi connectivity index (χ1v) is 6.05. The van der Waals surface area contributed by atoms with Crippen molar-refractivity contribution in [1.82, 2.24) is 0 Å². The minimum Gasteiger partial charge on any atom is -0.481 e. The minimum absolute atomic E-state index is 0.0226. The third kappa shape index (κ3) is 2.60. The van der Waals surface area contributed by atoms with Crippen LogP contribution in [0, 0.1) is 11.3 Å². The van der Waals surface area contributed by atoms with Crippen molar-refractivity contribution in [2.45, 2.75) is 38.7 Å². The molecular formula is C12H18O5. The maximum atomic E-state index is 12.0. The van der Waals surface area contributed by atoms with Crippen molar-refractivity contribution in [2.24, 2.45) is 11.3 Å². The van der Waals surface area contributed by atoms with Gasteiger partial charge in [-0.2, -0.15) is 0 Å². The van der Waals surface area contributed by atoms with Gasteiger partial charge in [-0.3, -0.25) is 9.59 Å². The van der Waals surface area contributed by atoms with E-state index in [1.165, 1.54) is 0 Å². The van der Waals surface area contributed by atoms with Crippen LogP contribution in [0.2, 0.25) is 0 Å². The van der Waals surface area contributed by atoms with Crippen molar-refractivity contribution in [3.8, 4) is 0 Å². The molecule has 0 amide bonds. The Bertz CT molecular complexity index is 323. The van der Waals surface area contributed by atoms with Crippen LogP contribution in [-0.2, 0) is 19.1 Å². The van der Waals surface area contributed by atoms with E-state index in [1.807, 2.05) is 0 Å². The van der Waals surface area contributed by atoms with Crippen LogP contribution < -0.4 is 0 Å². The van der Waals surface area contributed by atoms with Crippen LogP contribution in [0.3, 0.4) is 0 Å². The van der Waals surface area contributed by atoms with Crippen molar-refractivity contribution in [2.75, 3.05) is 13.2 Å². The molecule has 2 fully saturated rings. The zero-order valence-electron chi connectivity index (χ0n) is 9.98. The average molecular weight is 242 g/mol. The molecule has 1 aliphatic heterocycles. The zero-order chi connectivity index (χ0) is 12.5. The molecule has 0 spiro atoms. The lowest BCUT2D eigenvalue weighted by Gasteiger charge is -2.36. The van der Waals surface area contributed by atoms with Crippen LogP contribution in [0.5, 0.6) is 0 Å². The van der Waals surface area contributed by atoms with Crippen molar-refractivity contribution in [3.05, 3.63) is 0 Å². The number of esters is 1. The number of carboxylic acids is 1. The van der Waals surface area contributed by atoms with Crippen LogP contribution >= 0.6 is 0 Å². The highest BCUT2D eigenvalue weighted by molar-refractivity contribution is 5.84. The van der Waals surface area contributed by atoms with Gasteiger partial charge < -0.3 is 14.6 Å². The fourth-order valence-corrected chi connectivity index (χ4v) is 2.47. The highest BCUT2D eigenvalue weighted by Crippen LogP contribution is 2.42. The molecule has 0 aromatic carbocycles. The molecule has 0 aromatic rings. The second-order valence-corrected chi connectivity index (χ2v) is 5.11. The van der Waals surface area contributed by atoms with E-state index < -0.39 is 17.3 Å². The van der Waals surface area contributed by atoms with Gasteiger partial charge in [-0.05, 0) is 19.8 Å². The number of epoxide rings is 1. The van der Waals surface area contributed by atoms with E-state index >= 15 is 0 Å². The molecule has 2 rings (SSSR count). The van der Waals surface area contributed by atoms with Gasteiger partial charge in [-0.1, -0.05) is 12.8 Å². The summed E-state index contributed by atoms with van der Waals surface area (Å²) in [4.78, 5) is 23.2. The van der Waals surface area contributed by atoms with Crippen LogP contribution in [0.25, 0.3) is 0 Å². The monoisotopic (exact) mass is 242 g/mol. The molecule has 1 heterocycles. The van der Waals surface area contributed by atoms with E-state index in [0.717, 1.165) is 12.8 Å². The second-order valence-electron chi connectivity index (χ2n) is 5.11. The maximum Gasteiger partial charge on any atom is 0.312 e. The van der Waals surface area contributed by atoms with Gasteiger partial charge in [0.1, 0.15) is 12.7 Å². The van der Waals surface area contributed by atoms with Gasteiger partial charge in [0.05, 0.1) is 17.9 Å². The van der Waals surface area contributed by atoms with Crippen molar-refractivity contribution in [3.63, 3.8) is 0 Å². The Morgan fingerprint density at radius 2 is 2.18 bits per heavy atom. The summed E-state index contributed by atoms with van der Waals surface area (Å²) in [6.45, 7) is 2.59. The summed E-state index contributed by atoms with van der Waals surface area (Å²) >= 11 is 0. The number of carboxylic acid groups (broad SMARTS) is 1. The van der Waals surface area contributed by atoms with E-state index in [9.17, 15) is 14.7 Å². The summed E-state index contributed by atoms with van der Waals surface area (Å²) < 4.78 is 10.1. The first kappa shape index (κ1) is 12.4. The molecule has 1 N–H and O–H groups in total. The van der Waals surface area contributed by atoms with E-state index in [0.29, 0.717) is 19.4 Å². The molecule has 0 aromatic heterocycles. The summed E-state index contributed by atoms with van der Waals surface area (Å²) in [5.74, 6) is -1.91. The predicted molar refractivity (Wildman–Crippen MR) is 58.4 cm³/mol. The fraction of sp³-hybridized carbons (Fsp3) is 0.833. The molecule has 0 radical (unpaired) electrons. The Hall–Kier alpha value is -1.10. The smallest absolute Gasteiger partial charge is 0.312 e. The van der Waals surface area contributed by atoms with Gasteiger partial charge in [0.25, 0.3) is 0 Å². The molecule has 3 unspecified atom stereocenters. The number of rotatable bonds is 4. The van der Waals surface area contributed by atoms with E-state index in [2.05, 4.69) is 0 Å². The molecule has 1 aliphatic carbocycles. The molecular weight excluding hydrogens is 224 g/mol. The van der Waals surface area contributed by atoms with Gasteiger partial charge >= 0.3 is 11.9 Å². The summed E-state index contributed by atoms with van der Waals surface area (Å²) in [7, 11) is 0. The summed E-state index contributed by atoms with van der Waals surface area (Å²) in [6.07, 6.45) is 2.92. The van der Waals surface area contributed by atoms with Crippen LogP contribution in [0.1, 0.15) is 32.6 Å². The van der Waals surface area contributed by atoms with Gasteiger partial charge in [-0.15, -0.1) is 0 Å². The lowest BCUT2D eigenvalue weighted by Crippen LogP contribution is -2.43. The second kappa shape index (κ2) is 4.64. The standard InChI is InChI=1S/C12H18O5/c1-12(11(15)17-7-8-6-16-8)5-3-2-4-9(12)10(13)14/h8-9H,2-7H2,1H3,(H,13,14). The van der Waals surface area contributed by atoms with Gasteiger partial charge in [0.15, 0.2) is 0 Å². The quantitative estimate of drug-likeness (QED) is 0.592. The Morgan fingerprint density at radius 1 is 1.47 bits per heavy atom. The molecule has 1 saturated carbocycles. The van der Waals surface area contributed by atoms with Crippen molar-refractivity contribution in [1.29, 1.82) is 0 Å². The summed E-state index contributed by atoms with van der Waals surface area (Å²) in [5.41, 5.74) is -0.876. The maximum absolute atomic E-state index is 12.0. The van der Waals surface area contributed by atoms with Crippen molar-refractivity contribution >= 4 is 11.9 Å². The third-order valence-corrected chi connectivity index (χ3v) is 3.78. The normalized spacial score (nSPS) is 36.3. The minimum atomic E-state index is -0.896. The fourth-order valence-electron chi connectivity index (χ4n) is 2.47. The molecule has 1 saturated heterocycles. The third-order valence-electron chi connectivity index (χ3n) is 3.78. The highest BCUT2D eigenvalue weighted by Gasteiger charge is 2.48. The molecule has 0 bridgehead atoms. The van der Waals surface area contributed by atoms with Crippen LogP contribution in [0.4, 0.5) is 0 Å². The molecule has 96 valence electrons. The molecule has 2 aliphatic rings. The summed E-state index contributed by atoms with van der Waals surface area (Å²) in [5, 5.41) is 9.18. The average Bonchev–Trinajstić information content (AvgIpc) is 3.09. The van der Waals surface area contributed by atoms with Gasteiger partial charge in [0, 0.05) is 0 Å². The topological polar surface area (TPSA) is 76.1 Å². The van der Waals surface area contributed by atoms with E-state index in [1.54, 1.807) is 6.92 Å². The molecule has 17 heavy (non-hydrogen) atoms. The van der Waals surface area contributed by atoms with Crippen LogP contribution in [-0.4, -0.2) is 36.4 Å². The zero-order valence-corrected chi connectivity index (χ0v) is 9.98. The lowest BCUT2D eigenvalue weighted by atomic mass is 9.67. The predicted octanol–water partition coefficient (Wildman–Crippen LogP) is 1.21. The Balaban J connectivity index is 2.01. The van der Waals surface area contributed by atoms with Gasteiger partial charge in [-0.25, -0.2) is 0 Å². The number of carbonyl (C=O) groups excluding carboxylic acids is 1. The van der Waals surface area contributed by atoms with Crippen LogP contribution in [0.15, 0.2) is 0 Å². The largest absolute Gasteiger partial charge is 0.481 e. The van der Waals surface area contributed by atoms with Crippen molar-refractivity contribution < 1.29 is 24.2 Å². The number of hydrogen-bond acceptors (Lipinski definition) is 4. The number of aliphatic carboxylic acids is 1. The van der Waals surface area contributed by atoms with E-state index in [-0.39, 0.29) is 18.7 Å².